The van der Waals surface area contributed by atoms with Crippen molar-refractivity contribution in [2.75, 3.05) is 25.1 Å². The molecule has 1 aliphatic heterocycles. The van der Waals surface area contributed by atoms with Crippen LogP contribution in [0.2, 0.25) is 0 Å². The molecule has 0 unspecified atom stereocenters. The number of ether oxygens (including phenoxy) is 1. The van der Waals surface area contributed by atoms with Crippen LogP contribution in [0.25, 0.3) is 0 Å². The number of anilines is 1. The van der Waals surface area contributed by atoms with Crippen LogP contribution >= 0.6 is 0 Å². The molecule has 0 aliphatic carbocycles. The van der Waals surface area contributed by atoms with Gasteiger partial charge in [-0.15, -0.1) is 0 Å². The molecular weight excluding hydrogens is 297 g/mol. The standard InChI is InChI=1S/C15H19F3N2O2/c16-15(17,18)12-5-1-2-6-13(12)20-14(21)19-8-3-4-11-7-9-22-10-11/h1-2,5-6,11H,3-4,7-10H2,(H2,19,20,21)/t11-/m0/s1. The molecule has 1 aliphatic rings. The van der Waals surface area contributed by atoms with Gasteiger partial charge in [0.2, 0.25) is 0 Å². The van der Waals surface area contributed by atoms with Crippen LogP contribution in [0.15, 0.2) is 24.3 Å². The molecule has 2 rings (SSSR count). The SMILES string of the molecule is O=C(NCCC[C@H]1CCOC1)Nc1ccccc1C(F)(F)F. The van der Waals surface area contributed by atoms with Crippen molar-refractivity contribution in [1.82, 2.24) is 5.32 Å². The maximum absolute atomic E-state index is 12.8. The summed E-state index contributed by atoms with van der Waals surface area (Å²) >= 11 is 0. The third kappa shape index (κ3) is 4.91. The van der Waals surface area contributed by atoms with Crippen molar-refractivity contribution in [1.29, 1.82) is 0 Å². The predicted octanol–water partition coefficient (Wildman–Crippen LogP) is 3.64. The molecule has 1 aromatic rings. The van der Waals surface area contributed by atoms with Crippen LogP contribution < -0.4 is 10.6 Å². The summed E-state index contributed by atoms with van der Waals surface area (Å²) in [7, 11) is 0. The number of rotatable bonds is 5. The fraction of sp³-hybridized carbons (Fsp3) is 0.533. The quantitative estimate of drug-likeness (QED) is 0.815. The van der Waals surface area contributed by atoms with E-state index in [0.717, 1.165) is 38.5 Å². The molecule has 0 radical (unpaired) electrons. The average Bonchev–Trinajstić information content (AvgIpc) is 2.96. The zero-order valence-corrected chi connectivity index (χ0v) is 12.1. The smallest absolute Gasteiger partial charge is 0.381 e. The first-order valence-corrected chi connectivity index (χ1v) is 7.25. The van der Waals surface area contributed by atoms with Crippen molar-refractivity contribution in [2.45, 2.75) is 25.4 Å². The third-order valence-electron chi connectivity index (χ3n) is 3.58. The van der Waals surface area contributed by atoms with Crippen molar-refractivity contribution in [3.63, 3.8) is 0 Å². The zero-order valence-electron chi connectivity index (χ0n) is 12.1. The number of hydrogen-bond acceptors (Lipinski definition) is 2. The van der Waals surface area contributed by atoms with Gasteiger partial charge in [0.1, 0.15) is 0 Å². The van der Waals surface area contributed by atoms with E-state index in [0.29, 0.717) is 12.5 Å². The van der Waals surface area contributed by atoms with Gasteiger partial charge in [-0.3, -0.25) is 0 Å². The van der Waals surface area contributed by atoms with E-state index in [1.54, 1.807) is 0 Å². The van der Waals surface area contributed by atoms with Crippen LogP contribution in [-0.2, 0) is 10.9 Å². The molecule has 22 heavy (non-hydrogen) atoms. The molecule has 0 aromatic heterocycles. The number of carbonyl (C=O) groups is 1. The highest BCUT2D eigenvalue weighted by molar-refractivity contribution is 5.90. The number of halogens is 3. The average molecular weight is 316 g/mol. The van der Waals surface area contributed by atoms with Gasteiger partial charge < -0.3 is 15.4 Å². The number of para-hydroxylation sites is 1. The van der Waals surface area contributed by atoms with Crippen LogP contribution in [0.4, 0.5) is 23.7 Å². The Morgan fingerprint density at radius 1 is 1.32 bits per heavy atom. The van der Waals surface area contributed by atoms with Crippen molar-refractivity contribution < 1.29 is 22.7 Å². The lowest BCUT2D eigenvalue weighted by Gasteiger charge is -2.14. The summed E-state index contributed by atoms with van der Waals surface area (Å²) in [5, 5.41) is 4.83. The van der Waals surface area contributed by atoms with Gasteiger partial charge in [-0.1, -0.05) is 12.1 Å². The molecule has 0 spiro atoms. The van der Waals surface area contributed by atoms with E-state index in [4.69, 9.17) is 4.74 Å². The molecule has 2 N–H and O–H groups in total. The largest absolute Gasteiger partial charge is 0.418 e. The normalized spacial score (nSPS) is 18.2. The summed E-state index contributed by atoms with van der Waals surface area (Å²) in [4.78, 5) is 11.7. The summed E-state index contributed by atoms with van der Waals surface area (Å²) < 4.78 is 43.6. The van der Waals surface area contributed by atoms with Crippen LogP contribution in [0.5, 0.6) is 0 Å². The van der Waals surface area contributed by atoms with E-state index < -0.39 is 17.8 Å². The molecule has 1 fully saturated rings. The second-order valence-electron chi connectivity index (χ2n) is 5.30. The van der Waals surface area contributed by atoms with Crippen molar-refractivity contribution in [2.24, 2.45) is 5.92 Å². The first-order valence-electron chi connectivity index (χ1n) is 7.25. The minimum Gasteiger partial charge on any atom is -0.381 e. The molecule has 1 saturated heterocycles. The highest BCUT2D eigenvalue weighted by atomic mass is 19.4. The fourth-order valence-electron chi connectivity index (χ4n) is 2.41. The lowest BCUT2D eigenvalue weighted by atomic mass is 10.0. The van der Waals surface area contributed by atoms with Gasteiger partial charge >= 0.3 is 12.2 Å². The number of carbonyl (C=O) groups excluding carboxylic acids is 1. The van der Waals surface area contributed by atoms with Crippen molar-refractivity contribution >= 4 is 11.7 Å². The molecule has 0 bridgehead atoms. The Labute approximate surface area is 127 Å². The second-order valence-corrected chi connectivity index (χ2v) is 5.30. The van der Waals surface area contributed by atoms with Crippen LogP contribution in [0, 0.1) is 5.92 Å². The maximum Gasteiger partial charge on any atom is 0.418 e. The predicted molar refractivity (Wildman–Crippen MR) is 76.6 cm³/mol. The van der Waals surface area contributed by atoms with Gasteiger partial charge in [0.25, 0.3) is 0 Å². The molecule has 0 saturated carbocycles. The van der Waals surface area contributed by atoms with Gasteiger partial charge in [0, 0.05) is 19.8 Å². The number of hydrogen-bond donors (Lipinski definition) is 2. The highest BCUT2D eigenvalue weighted by Crippen LogP contribution is 2.34. The lowest BCUT2D eigenvalue weighted by Crippen LogP contribution is -2.30. The fourth-order valence-corrected chi connectivity index (χ4v) is 2.41. The minimum atomic E-state index is -4.49. The van der Waals surface area contributed by atoms with E-state index in [9.17, 15) is 18.0 Å². The monoisotopic (exact) mass is 316 g/mol. The summed E-state index contributed by atoms with van der Waals surface area (Å²) in [5.41, 5.74) is -1.09. The topological polar surface area (TPSA) is 50.4 Å². The van der Waals surface area contributed by atoms with Gasteiger partial charge in [-0.2, -0.15) is 13.2 Å². The molecule has 1 heterocycles. The Morgan fingerprint density at radius 2 is 2.09 bits per heavy atom. The van der Waals surface area contributed by atoms with Crippen LogP contribution in [0.1, 0.15) is 24.8 Å². The van der Waals surface area contributed by atoms with Gasteiger partial charge in [0.15, 0.2) is 0 Å². The van der Waals surface area contributed by atoms with E-state index in [1.165, 1.54) is 18.2 Å². The van der Waals surface area contributed by atoms with Crippen LogP contribution in [0.3, 0.4) is 0 Å². The van der Waals surface area contributed by atoms with Gasteiger partial charge in [-0.25, -0.2) is 4.79 Å². The second kappa shape index (κ2) is 7.49. The van der Waals surface area contributed by atoms with E-state index in [-0.39, 0.29) is 5.69 Å². The van der Waals surface area contributed by atoms with E-state index >= 15 is 0 Å². The summed E-state index contributed by atoms with van der Waals surface area (Å²) in [6, 6.07) is 4.29. The Bertz CT molecular complexity index is 500. The third-order valence-corrected chi connectivity index (χ3v) is 3.58. The molecule has 2 amide bonds. The molecule has 4 nitrogen and oxygen atoms in total. The van der Waals surface area contributed by atoms with Crippen molar-refractivity contribution in [3.8, 4) is 0 Å². The van der Waals surface area contributed by atoms with E-state index in [1.807, 2.05) is 0 Å². The molecular formula is C15H19F3N2O2. The van der Waals surface area contributed by atoms with Crippen LogP contribution in [-0.4, -0.2) is 25.8 Å². The number of alkyl halides is 3. The number of amides is 2. The maximum atomic E-state index is 12.8. The number of urea groups is 1. The Morgan fingerprint density at radius 3 is 2.77 bits per heavy atom. The van der Waals surface area contributed by atoms with Gasteiger partial charge in [0.05, 0.1) is 11.3 Å². The highest BCUT2D eigenvalue weighted by Gasteiger charge is 2.33. The Balaban J connectivity index is 1.77. The number of benzene rings is 1. The Hall–Kier alpha value is -1.76. The zero-order chi connectivity index (χ0) is 16.0. The molecule has 1 atom stereocenters. The summed E-state index contributed by atoms with van der Waals surface area (Å²) in [6.45, 7) is 1.97. The van der Waals surface area contributed by atoms with Crippen molar-refractivity contribution in [3.05, 3.63) is 29.8 Å². The number of nitrogens with one attached hydrogen (secondary N) is 2. The summed E-state index contributed by atoms with van der Waals surface area (Å²) in [5.74, 6) is 0.524. The molecule has 1 aromatic carbocycles. The first kappa shape index (κ1) is 16.6. The Kier molecular flexibility index (Phi) is 5.65. The molecule has 122 valence electrons. The molecule has 7 heteroatoms. The first-order chi connectivity index (χ1) is 10.5. The lowest BCUT2D eigenvalue weighted by molar-refractivity contribution is -0.136. The minimum absolute atomic E-state index is 0.239. The van der Waals surface area contributed by atoms with E-state index in [2.05, 4.69) is 10.6 Å². The van der Waals surface area contributed by atoms with Gasteiger partial charge in [-0.05, 0) is 37.3 Å². The summed E-state index contributed by atoms with van der Waals surface area (Å²) in [6.07, 6.45) is -1.74.